The molecule has 2 N–H and O–H groups in total. The molecule has 0 bridgehead atoms. The average molecular weight is 437 g/mol. The summed E-state index contributed by atoms with van der Waals surface area (Å²) >= 11 is 0. The highest BCUT2D eigenvalue weighted by Gasteiger charge is 2.24. The van der Waals surface area contributed by atoms with E-state index in [1.54, 1.807) is 17.9 Å². The van der Waals surface area contributed by atoms with Crippen molar-refractivity contribution >= 4 is 23.0 Å². The number of nitrogens with zero attached hydrogens (tertiary/aromatic N) is 4. The van der Waals surface area contributed by atoms with Crippen molar-refractivity contribution in [3.63, 3.8) is 0 Å². The molecule has 9 heteroatoms. The van der Waals surface area contributed by atoms with Gasteiger partial charge >= 0.3 is 6.03 Å². The molecule has 3 aromatic rings. The smallest absolute Gasteiger partial charge is 0.315 e. The summed E-state index contributed by atoms with van der Waals surface area (Å²) in [5, 5.41) is 5.76. The number of urea groups is 1. The van der Waals surface area contributed by atoms with E-state index in [4.69, 9.17) is 4.74 Å². The van der Waals surface area contributed by atoms with Crippen LogP contribution in [0.15, 0.2) is 53.5 Å². The van der Waals surface area contributed by atoms with E-state index in [1.807, 2.05) is 47.4 Å². The standard InChI is InChI=1S/C23H28N6O3/c1-32-15-12-25-23(31)26-18-9-13-28(14-10-18)21-22(30)29(16-17-6-3-2-4-7-17)20-19(27-21)8-5-11-24-20/h2-8,11,18H,9-10,12-16H2,1H3,(H2,25,26,31). The van der Waals surface area contributed by atoms with Gasteiger partial charge in [-0.2, -0.15) is 0 Å². The lowest BCUT2D eigenvalue weighted by atomic mass is 10.1. The van der Waals surface area contributed by atoms with Crippen molar-refractivity contribution in [2.75, 3.05) is 38.3 Å². The molecule has 0 radical (unpaired) electrons. The number of piperidine rings is 1. The minimum atomic E-state index is -0.194. The Hall–Kier alpha value is -3.46. The number of anilines is 1. The normalized spacial score (nSPS) is 14.5. The quantitative estimate of drug-likeness (QED) is 0.548. The maximum absolute atomic E-state index is 13.4. The predicted octanol–water partition coefficient (Wildman–Crippen LogP) is 1.75. The number of fused-ring (bicyclic) bond motifs is 1. The Balaban J connectivity index is 1.51. The van der Waals surface area contributed by atoms with Gasteiger partial charge in [0.15, 0.2) is 11.5 Å². The molecule has 168 valence electrons. The molecule has 0 spiro atoms. The molecule has 0 atom stereocenters. The van der Waals surface area contributed by atoms with E-state index in [9.17, 15) is 9.59 Å². The van der Waals surface area contributed by atoms with Crippen LogP contribution in [0.5, 0.6) is 0 Å². The van der Waals surface area contributed by atoms with Crippen LogP contribution in [0.4, 0.5) is 10.6 Å². The van der Waals surface area contributed by atoms with Gasteiger partial charge in [0.2, 0.25) is 0 Å². The summed E-state index contributed by atoms with van der Waals surface area (Å²) in [7, 11) is 1.60. The summed E-state index contributed by atoms with van der Waals surface area (Å²) in [5.41, 5.74) is 2.15. The second kappa shape index (κ2) is 10.2. The van der Waals surface area contributed by atoms with E-state index in [1.165, 1.54) is 0 Å². The first-order valence-corrected chi connectivity index (χ1v) is 10.8. The van der Waals surface area contributed by atoms with Crippen molar-refractivity contribution < 1.29 is 9.53 Å². The Bertz CT molecular complexity index is 1110. The predicted molar refractivity (Wildman–Crippen MR) is 123 cm³/mol. The van der Waals surface area contributed by atoms with Crippen LogP contribution >= 0.6 is 0 Å². The number of nitrogens with one attached hydrogen (secondary N) is 2. The van der Waals surface area contributed by atoms with E-state index in [2.05, 4.69) is 20.6 Å². The minimum absolute atomic E-state index is 0.0578. The van der Waals surface area contributed by atoms with Gasteiger partial charge in [0.25, 0.3) is 5.56 Å². The monoisotopic (exact) mass is 436 g/mol. The van der Waals surface area contributed by atoms with E-state index in [0.717, 1.165) is 18.4 Å². The van der Waals surface area contributed by atoms with Crippen LogP contribution in [0, 0.1) is 0 Å². The van der Waals surface area contributed by atoms with Crippen molar-refractivity contribution in [3.8, 4) is 0 Å². The first-order valence-electron chi connectivity index (χ1n) is 10.8. The number of carbonyl (C=O) groups is 1. The van der Waals surface area contributed by atoms with Gasteiger partial charge in [0, 0.05) is 39.0 Å². The second-order valence-corrected chi connectivity index (χ2v) is 7.81. The van der Waals surface area contributed by atoms with Gasteiger partial charge in [-0.25, -0.2) is 14.8 Å². The molecule has 1 fully saturated rings. The molecule has 4 rings (SSSR count). The number of hydrogen-bond acceptors (Lipinski definition) is 6. The Kier molecular flexibility index (Phi) is 6.96. The van der Waals surface area contributed by atoms with E-state index < -0.39 is 0 Å². The topological polar surface area (TPSA) is 101 Å². The van der Waals surface area contributed by atoms with Crippen molar-refractivity contribution in [2.45, 2.75) is 25.4 Å². The van der Waals surface area contributed by atoms with Gasteiger partial charge in [0.1, 0.15) is 5.52 Å². The van der Waals surface area contributed by atoms with Gasteiger partial charge in [-0.05, 0) is 30.5 Å². The second-order valence-electron chi connectivity index (χ2n) is 7.81. The highest BCUT2D eigenvalue weighted by atomic mass is 16.5. The van der Waals surface area contributed by atoms with E-state index in [0.29, 0.717) is 49.8 Å². The lowest BCUT2D eigenvalue weighted by Crippen LogP contribution is -2.49. The first-order chi connectivity index (χ1) is 15.7. The van der Waals surface area contributed by atoms with E-state index >= 15 is 0 Å². The molecule has 32 heavy (non-hydrogen) atoms. The van der Waals surface area contributed by atoms with Gasteiger partial charge in [-0.1, -0.05) is 30.3 Å². The molecule has 1 aliphatic rings. The molecule has 1 saturated heterocycles. The van der Waals surface area contributed by atoms with E-state index in [-0.39, 0.29) is 17.6 Å². The van der Waals surface area contributed by atoms with Crippen molar-refractivity contribution in [1.29, 1.82) is 0 Å². The van der Waals surface area contributed by atoms with Crippen LogP contribution in [0.2, 0.25) is 0 Å². The molecule has 1 aliphatic heterocycles. The highest BCUT2D eigenvalue weighted by molar-refractivity contribution is 5.74. The maximum Gasteiger partial charge on any atom is 0.315 e. The number of carbonyl (C=O) groups excluding carboxylic acids is 1. The van der Waals surface area contributed by atoms with Crippen molar-refractivity contribution in [1.82, 2.24) is 25.2 Å². The van der Waals surface area contributed by atoms with Crippen LogP contribution in [0.3, 0.4) is 0 Å². The number of hydrogen-bond donors (Lipinski definition) is 2. The molecular formula is C23H28N6O3. The molecule has 3 heterocycles. The fraction of sp³-hybridized carbons (Fsp3) is 0.391. The van der Waals surface area contributed by atoms with Gasteiger partial charge < -0.3 is 20.3 Å². The Morgan fingerprint density at radius 1 is 1.16 bits per heavy atom. The van der Waals surface area contributed by atoms with Gasteiger partial charge in [-0.15, -0.1) is 0 Å². The number of amides is 2. The zero-order chi connectivity index (χ0) is 22.3. The van der Waals surface area contributed by atoms with Crippen LogP contribution in [0.25, 0.3) is 11.2 Å². The molecule has 0 aliphatic carbocycles. The van der Waals surface area contributed by atoms with Gasteiger partial charge in [0.05, 0.1) is 13.2 Å². The number of benzene rings is 1. The first kappa shape index (κ1) is 21.8. The Morgan fingerprint density at radius 3 is 2.69 bits per heavy atom. The van der Waals surface area contributed by atoms with Crippen LogP contribution in [0.1, 0.15) is 18.4 Å². The van der Waals surface area contributed by atoms with Crippen molar-refractivity contribution in [3.05, 3.63) is 64.6 Å². The highest BCUT2D eigenvalue weighted by Crippen LogP contribution is 2.18. The Labute approximate surface area is 186 Å². The summed E-state index contributed by atoms with van der Waals surface area (Å²) < 4.78 is 6.64. The molecule has 1 aromatic carbocycles. The third kappa shape index (κ3) is 5.05. The average Bonchev–Trinajstić information content (AvgIpc) is 2.82. The zero-order valence-electron chi connectivity index (χ0n) is 18.2. The number of ether oxygens (including phenoxy) is 1. The fourth-order valence-corrected chi connectivity index (χ4v) is 3.92. The molecule has 9 nitrogen and oxygen atoms in total. The summed E-state index contributed by atoms with van der Waals surface area (Å²) in [4.78, 5) is 36.5. The maximum atomic E-state index is 13.4. The molecule has 2 amide bonds. The van der Waals surface area contributed by atoms with Crippen molar-refractivity contribution in [2.24, 2.45) is 0 Å². The molecular weight excluding hydrogens is 408 g/mol. The third-order valence-corrected chi connectivity index (χ3v) is 5.59. The number of aromatic nitrogens is 3. The number of methoxy groups -OCH3 is 1. The molecule has 0 unspecified atom stereocenters. The lowest BCUT2D eigenvalue weighted by molar-refractivity contribution is 0.194. The fourth-order valence-electron chi connectivity index (χ4n) is 3.92. The minimum Gasteiger partial charge on any atom is -0.383 e. The molecule has 2 aromatic heterocycles. The lowest BCUT2D eigenvalue weighted by Gasteiger charge is -2.33. The zero-order valence-corrected chi connectivity index (χ0v) is 18.2. The summed E-state index contributed by atoms with van der Waals surface area (Å²) in [6.45, 7) is 2.66. The van der Waals surface area contributed by atoms with Crippen LogP contribution < -0.4 is 21.1 Å². The summed E-state index contributed by atoms with van der Waals surface area (Å²) in [6.07, 6.45) is 3.16. The summed E-state index contributed by atoms with van der Waals surface area (Å²) in [5.74, 6) is 0.435. The van der Waals surface area contributed by atoms with Crippen LogP contribution in [-0.4, -0.2) is 60.0 Å². The Morgan fingerprint density at radius 2 is 1.94 bits per heavy atom. The van der Waals surface area contributed by atoms with Crippen LogP contribution in [-0.2, 0) is 11.3 Å². The largest absolute Gasteiger partial charge is 0.383 e. The van der Waals surface area contributed by atoms with Gasteiger partial charge in [-0.3, -0.25) is 9.36 Å². The third-order valence-electron chi connectivity index (χ3n) is 5.59. The number of rotatable bonds is 7. The SMILES string of the molecule is COCCNC(=O)NC1CCN(c2nc3cccnc3n(Cc3ccccc3)c2=O)CC1. The number of pyridine rings is 1. The summed E-state index contributed by atoms with van der Waals surface area (Å²) in [6, 6.07) is 13.4. The molecule has 0 saturated carbocycles.